The molecule has 1 rings (SSSR count). The fourth-order valence-electron chi connectivity index (χ4n) is 1.08. The van der Waals surface area contributed by atoms with Crippen molar-refractivity contribution in [2.75, 3.05) is 12.5 Å². The lowest BCUT2D eigenvalue weighted by molar-refractivity contribution is 0.112. The molecule has 0 aromatic heterocycles. The van der Waals surface area contributed by atoms with Gasteiger partial charge in [0.15, 0.2) is 6.29 Å². The third kappa shape index (κ3) is 3.65. The van der Waals surface area contributed by atoms with E-state index in [1.54, 1.807) is 30.7 Å². The van der Waals surface area contributed by atoms with E-state index in [0.717, 1.165) is 0 Å². The standard InChI is InChI=1S/C10H10BrNO3S2/c1-16-12(17-2)10(14)15-9-5-3-4-8(11)7(9)6-13/h3-6H,1-2H3. The van der Waals surface area contributed by atoms with Crippen LogP contribution in [0.3, 0.4) is 0 Å². The van der Waals surface area contributed by atoms with E-state index in [2.05, 4.69) is 15.9 Å². The van der Waals surface area contributed by atoms with Crippen LogP contribution in [0.5, 0.6) is 5.75 Å². The van der Waals surface area contributed by atoms with Gasteiger partial charge in [0.2, 0.25) is 0 Å². The third-order valence-electron chi connectivity index (χ3n) is 1.81. The Kier molecular flexibility index (Phi) is 5.87. The van der Waals surface area contributed by atoms with Crippen LogP contribution < -0.4 is 4.74 Å². The van der Waals surface area contributed by atoms with Gasteiger partial charge in [-0.05, 0) is 52.0 Å². The summed E-state index contributed by atoms with van der Waals surface area (Å²) in [6.45, 7) is 0. The molecule has 0 fully saturated rings. The molecule has 92 valence electrons. The smallest absolute Gasteiger partial charge is 0.408 e. The van der Waals surface area contributed by atoms with Crippen LogP contribution in [0.4, 0.5) is 4.79 Å². The summed E-state index contributed by atoms with van der Waals surface area (Å²) in [7, 11) is 0. The summed E-state index contributed by atoms with van der Waals surface area (Å²) >= 11 is 5.70. The topological polar surface area (TPSA) is 46.6 Å². The maximum Gasteiger partial charge on any atom is 0.435 e. The molecule has 0 bridgehead atoms. The van der Waals surface area contributed by atoms with Crippen molar-refractivity contribution < 1.29 is 14.3 Å². The SMILES string of the molecule is CSN(SC)C(=O)Oc1cccc(Br)c1C=O. The fourth-order valence-corrected chi connectivity index (χ4v) is 2.49. The van der Waals surface area contributed by atoms with Crippen molar-refractivity contribution >= 4 is 52.2 Å². The van der Waals surface area contributed by atoms with Crippen molar-refractivity contribution in [2.45, 2.75) is 0 Å². The second-order valence-corrected chi connectivity index (χ2v) is 5.31. The number of halogens is 1. The van der Waals surface area contributed by atoms with Gasteiger partial charge in [0, 0.05) is 17.0 Å². The summed E-state index contributed by atoms with van der Waals surface area (Å²) in [6.07, 6.45) is 3.65. The third-order valence-corrected chi connectivity index (χ3v) is 4.36. The highest BCUT2D eigenvalue weighted by Gasteiger charge is 2.17. The minimum Gasteiger partial charge on any atom is -0.408 e. The van der Waals surface area contributed by atoms with Gasteiger partial charge in [-0.15, -0.1) is 0 Å². The van der Waals surface area contributed by atoms with E-state index in [9.17, 15) is 9.59 Å². The van der Waals surface area contributed by atoms with Gasteiger partial charge >= 0.3 is 6.09 Å². The molecule has 0 spiro atoms. The molecule has 1 amide bonds. The van der Waals surface area contributed by atoms with Gasteiger partial charge in [0.25, 0.3) is 0 Å². The van der Waals surface area contributed by atoms with Crippen LogP contribution in [0.15, 0.2) is 22.7 Å². The lowest BCUT2D eigenvalue weighted by Gasteiger charge is -2.15. The van der Waals surface area contributed by atoms with Gasteiger partial charge in [0.1, 0.15) is 5.75 Å². The second kappa shape index (κ2) is 6.93. The Morgan fingerprint density at radius 1 is 1.41 bits per heavy atom. The van der Waals surface area contributed by atoms with Crippen molar-refractivity contribution in [3.05, 3.63) is 28.2 Å². The largest absolute Gasteiger partial charge is 0.435 e. The van der Waals surface area contributed by atoms with Gasteiger partial charge in [-0.1, -0.05) is 6.07 Å². The van der Waals surface area contributed by atoms with Crippen molar-refractivity contribution in [1.29, 1.82) is 0 Å². The predicted octanol–water partition coefficient (Wildman–Crippen LogP) is 3.62. The molecule has 0 radical (unpaired) electrons. The van der Waals surface area contributed by atoms with E-state index < -0.39 is 6.09 Å². The van der Waals surface area contributed by atoms with Crippen LogP contribution in [-0.4, -0.2) is 28.6 Å². The maximum absolute atomic E-state index is 11.7. The number of ether oxygens (including phenoxy) is 1. The van der Waals surface area contributed by atoms with Crippen LogP contribution in [0.25, 0.3) is 0 Å². The number of hydrogen-bond donors (Lipinski definition) is 0. The molecule has 0 aliphatic heterocycles. The summed E-state index contributed by atoms with van der Waals surface area (Å²) in [5.41, 5.74) is 0.322. The molecule has 1 aromatic carbocycles. The quantitative estimate of drug-likeness (QED) is 0.621. The highest BCUT2D eigenvalue weighted by atomic mass is 79.9. The van der Waals surface area contributed by atoms with Crippen LogP contribution in [0.1, 0.15) is 10.4 Å². The number of benzene rings is 1. The number of rotatable bonds is 4. The van der Waals surface area contributed by atoms with Crippen LogP contribution in [-0.2, 0) is 0 Å². The second-order valence-electron chi connectivity index (χ2n) is 2.76. The first kappa shape index (κ1) is 14.4. The number of amides is 1. The molecule has 7 heteroatoms. The Balaban J connectivity index is 2.92. The Morgan fingerprint density at radius 3 is 2.59 bits per heavy atom. The monoisotopic (exact) mass is 335 g/mol. The number of carbonyl (C=O) groups excluding carboxylic acids is 2. The molecule has 0 heterocycles. The van der Waals surface area contributed by atoms with E-state index in [4.69, 9.17) is 4.74 Å². The molecular weight excluding hydrogens is 326 g/mol. The number of hydrogen-bond acceptors (Lipinski definition) is 5. The molecule has 0 aliphatic rings. The summed E-state index contributed by atoms with van der Waals surface area (Å²) in [6, 6.07) is 4.98. The predicted molar refractivity (Wildman–Crippen MR) is 74.4 cm³/mol. The average Bonchev–Trinajstić information content (AvgIpc) is 2.31. The fraction of sp³-hybridized carbons (Fsp3) is 0.200. The highest BCUT2D eigenvalue weighted by molar-refractivity contribution is 9.10. The van der Waals surface area contributed by atoms with Gasteiger partial charge in [-0.2, -0.15) is 3.71 Å². The van der Waals surface area contributed by atoms with Gasteiger partial charge in [-0.25, -0.2) is 4.79 Å². The van der Waals surface area contributed by atoms with Crippen molar-refractivity contribution in [1.82, 2.24) is 3.71 Å². The molecule has 0 atom stereocenters. The first-order valence-electron chi connectivity index (χ1n) is 4.48. The molecule has 0 N–H and O–H groups in total. The lowest BCUT2D eigenvalue weighted by Crippen LogP contribution is -2.21. The van der Waals surface area contributed by atoms with E-state index in [0.29, 0.717) is 16.3 Å². The van der Waals surface area contributed by atoms with E-state index in [1.807, 2.05) is 0 Å². The Labute approximate surface area is 116 Å². The molecule has 4 nitrogen and oxygen atoms in total. The van der Waals surface area contributed by atoms with E-state index in [1.165, 1.54) is 27.6 Å². The van der Waals surface area contributed by atoms with Crippen molar-refractivity contribution in [3.63, 3.8) is 0 Å². The molecule has 0 saturated heterocycles. The highest BCUT2D eigenvalue weighted by Crippen LogP contribution is 2.27. The molecule has 17 heavy (non-hydrogen) atoms. The normalized spacial score (nSPS) is 9.82. The molecule has 0 unspecified atom stereocenters. The number of aldehydes is 1. The summed E-state index contributed by atoms with van der Waals surface area (Å²) in [4.78, 5) is 22.6. The number of nitrogens with zero attached hydrogens (tertiary/aromatic N) is 1. The minimum atomic E-state index is -0.522. The average molecular weight is 336 g/mol. The Morgan fingerprint density at radius 2 is 2.06 bits per heavy atom. The van der Waals surface area contributed by atoms with E-state index >= 15 is 0 Å². The molecule has 0 saturated carbocycles. The lowest BCUT2D eigenvalue weighted by atomic mass is 10.2. The Hall–Kier alpha value is -0.660. The van der Waals surface area contributed by atoms with Gasteiger partial charge in [-0.3, -0.25) is 4.79 Å². The number of carbonyl (C=O) groups is 2. The zero-order valence-electron chi connectivity index (χ0n) is 9.18. The minimum absolute atomic E-state index is 0.243. The first-order chi connectivity index (χ1) is 8.13. The van der Waals surface area contributed by atoms with Gasteiger partial charge in [0.05, 0.1) is 5.56 Å². The van der Waals surface area contributed by atoms with Crippen molar-refractivity contribution in [2.24, 2.45) is 0 Å². The molecule has 1 aromatic rings. The summed E-state index contributed by atoms with van der Waals surface area (Å²) < 4.78 is 7.11. The van der Waals surface area contributed by atoms with Crippen LogP contribution in [0.2, 0.25) is 0 Å². The van der Waals surface area contributed by atoms with Crippen molar-refractivity contribution in [3.8, 4) is 5.75 Å². The Bertz CT molecular complexity index is 424. The summed E-state index contributed by atoms with van der Waals surface area (Å²) in [5.74, 6) is 0.243. The van der Waals surface area contributed by atoms with E-state index in [-0.39, 0.29) is 5.75 Å². The zero-order valence-corrected chi connectivity index (χ0v) is 12.4. The molecule has 0 aliphatic carbocycles. The molecular formula is C10H10BrNO3S2. The first-order valence-corrected chi connectivity index (χ1v) is 7.63. The van der Waals surface area contributed by atoms with Crippen LogP contribution >= 0.6 is 39.8 Å². The van der Waals surface area contributed by atoms with Gasteiger partial charge < -0.3 is 4.74 Å². The summed E-state index contributed by atoms with van der Waals surface area (Å²) in [5, 5.41) is 0. The maximum atomic E-state index is 11.7. The van der Waals surface area contributed by atoms with Crippen LogP contribution in [0, 0.1) is 0 Å². The zero-order chi connectivity index (χ0) is 12.8.